The van der Waals surface area contributed by atoms with E-state index in [1.54, 1.807) is 0 Å². The molecule has 0 aliphatic heterocycles. The highest BCUT2D eigenvalue weighted by atomic mass is 79.9. The minimum atomic E-state index is 1.16. The van der Waals surface area contributed by atoms with Crippen molar-refractivity contribution in [1.29, 1.82) is 0 Å². The van der Waals surface area contributed by atoms with Crippen LogP contribution in [0.2, 0.25) is 0 Å². The van der Waals surface area contributed by atoms with E-state index in [4.69, 9.17) is 0 Å². The zero-order chi connectivity index (χ0) is 35.6. The van der Waals surface area contributed by atoms with Crippen LogP contribution in [-0.4, -0.2) is 0 Å². The molecule has 272 valence electrons. The SMILES string of the molecule is CCCCCCCc1cc(CCCCCC)cc(-c2cc(Br)cc3c(-c4cc(CCCCCC)cc(CCCCCCC)c4)cc(Br)cc23)c1. The van der Waals surface area contributed by atoms with Gasteiger partial charge in [-0.3, -0.25) is 0 Å². The fourth-order valence-electron chi connectivity index (χ4n) is 7.66. The van der Waals surface area contributed by atoms with Gasteiger partial charge in [-0.05, 0) is 131 Å². The van der Waals surface area contributed by atoms with Crippen LogP contribution in [0.3, 0.4) is 0 Å². The van der Waals surface area contributed by atoms with Crippen molar-refractivity contribution in [2.24, 2.45) is 0 Å². The molecule has 2 heteroatoms. The highest BCUT2D eigenvalue weighted by molar-refractivity contribution is 9.10. The molecule has 50 heavy (non-hydrogen) atoms. The van der Waals surface area contributed by atoms with Crippen LogP contribution < -0.4 is 0 Å². The molecule has 0 atom stereocenters. The monoisotopic (exact) mass is 800 g/mol. The summed E-state index contributed by atoms with van der Waals surface area (Å²) in [5.41, 5.74) is 11.4. The molecule has 0 aliphatic rings. The van der Waals surface area contributed by atoms with Gasteiger partial charge in [0.05, 0.1) is 0 Å². The van der Waals surface area contributed by atoms with E-state index in [9.17, 15) is 0 Å². The van der Waals surface area contributed by atoms with Gasteiger partial charge in [0.1, 0.15) is 0 Å². The van der Waals surface area contributed by atoms with E-state index in [1.807, 2.05) is 0 Å². The normalized spacial score (nSPS) is 11.6. The molecular weight excluding hydrogens is 736 g/mol. The molecule has 0 radical (unpaired) electrons. The van der Waals surface area contributed by atoms with Crippen LogP contribution in [0.15, 0.2) is 69.6 Å². The van der Waals surface area contributed by atoms with Gasteiger partial charge >= 0.3 is 0 Å². The molecule has 4 rings (SSSR count). The maximum Gasteiger partial charge on any atom is 0.0188 e. The lowest BCUT2D eigenvalue weighted by atomic mass is 9.89. The van der Waals surface area contributed by atoms with Crippen molar-refractivity contribution in [1.82, 2.24) is 0 Å². The molecule has 0 saturated carbocycles. The van der Waals surface area contributed by atoms with Crippen LogP contribution >= 0.6 is 31.9 Å². The van der Waals surface area contributed by atoms with Crippen molar-refractivity contribution in [3.8, 4) is 22.3 Å². The van der Waals surface area contributed by atoms with Crippen LogP contribution in [0, 0.1) is 0 Å². The first-order chi connectivity index (χ1) is 24.4. The molecule has 0 spiro atoms. The molecule has 4 aromatic carbocycles. The average Bonchev–Trinajstić information content (AvgIpc) is 3.11. The van der Waals surface area contributed by atoms with Crippen LogP contribution in [0.1, 0.15) is 166 Å². The smallest absolute Gasteiger partial charge is 0.0188 e. The summed E-state index contributed by atoms with van der Waals surface area (Å²) in [6.45, 7) is 9.23. The summed E-state index contributed by atoms with van der Waals surface area (Å²) in [4.78, 5) is 0. The third kappa shape index (κ3) is 13.3. The molecule has 0 aliphatic carbocycles. The van der Waals surface area contributed by atoms with Crippen LogP contribution in [0.5, 0.6) is 0 Å². The lowest BCUT2D eigenvalue weighted by Gasteiger charge is -2.17. The highest BCUT2D eigenvalue weighted by Crippen LogP contribution is 2.41. The van der Waals surface area contributed by atoms with Gasteiger partial charge in [0.15, 0.2) is 0 Å². The number of hydrogen-bond acceptors (Lipinski definition) is 0. The molecule has 4 aromatic rings. The fraction of sp³-hybridized carbons (Fsp3) is 0.542. The number of aryl methyl sites for hydroxylation is 4. The number of benzene rings is 4. The zero-order valence-electron chi connectivity index (χ0n) is 32.1. The van der Waals surface area contributed by atoms with E-state index in [-0.39, 0.29) is 0 Å². The first-order valence-corrected chi connectivity index (χ1v) is 22.2. The zero-order valence-corrected chi connectivity index (χ0v) is 35.3. The van der Waals surface area contributed by atoms with Crippen molar-refractivity contribution in [3.63, 3.8) is 0 Å². The number of halogens is 2. The molecule has 0 fully saturated rings. The Hall–Kier alpha value is -1.90. The van der Waals surface area contributed by atoms with Crippen molar-refractivity contribution >= 4 is 42.6 Å². The van der Waals surface area contributed by atoms with Crippen molar-refractivity contribution in [2.45, 2.75) is 169 Å². The van der Waals surface area contributed by atoms with Crippen molar-refractivity contribution in [2.75, 3.05) is 0 Å². The van der Waals surface area contributed by atoms with Gasteiger partial charge in [-0.1, -0.05) is 186 Å². The Bertz CT molecular complexity index is 1460. The minimum Gasteiger partial charge on any atom is -0.0654 e. The third-order valence-electron chi connectivity index (χ3n) is 10.5. The first-order valence-electron chi connectivity index (χ1n) is 20.6. The molecule has 0 unspecified atom stereocenters. The van der Waals surface area contributed by atoms with E-state index in [1.165, 1.54) is 197 Å². The first kappa shape index (κ1) is 40.9. The molecule has 0 amide bonds. The molecule has 0 bridgehead atoms. The Labute approximate surface area is 323 Å². The van der Waals surface area contributed by atoms with Gasteiger partial charge in [0.2, 0.25) is 0 Å². The summed E-state index contributed by atoms with van der Waals surface area (Å²) in [7, 11) is 0. The van der Waals surface area contributed by atoms with E-state index in [0.717, 1.165) is 8.95 Å². The Balaban J connectivity index is 1.77. The minimum absolute atomic E-state index is 1.16. The number of unbranched alkanes of at least 4 members (excludes halogenated alkanes) is 14. The van der Waals surface area contributed by atoms with Crippen LogP contribution in [-0.2, 0) is 25.7 Å². The van der Waals surface area contributed by atoms with Gasteiger partial charge in [0.25, 0.3) is 0 Å². The second-order valence-electron chi connectivity index (χ2n) is 15.0. The maximum atomic E-state index is 3.99. The second-order valence-corrected chi connectivity index (χ2v) is 16.9. The molecule has 0 heterocycles. The summed E-state index contributed by atoms with van der Waals surface area (Å²) in [5.74, 6) is 0. The maximum absolute atomic E-state index is 3.99. The molecule has 0 nitrogen and oxygen atoms in total. The third-order valence-corrected chi connectivity index (χ3v) is 11.4. The average molecular weight is 803 g/mol. The van der Waals surface area contributed by atoms with Gasteiger partial charge in [-0.25, -0.2) is 0 Å². The van der Waals surface area contributed by atoms with Gasteiger partial charge in [-0.15, -0.1) is 0 Å². The quantitative estimate of drug-likeness (QED) is 0.0619. The lowest BCUT2D eigenvalue weighted by molar-refractivity contribution is 0.631. The summed E-state index contributed by atoms with van der Waals surface area (Å²) < 4.78 is 2.31. The predicted molar refractivity (Wildman–Crippen MR) is 231 cm³/mol. The largest absolute Gasteiger partial charge is 0.0654 e. The Morgan fingerprint density at radius 1 is 0.320 bits per heavy atom. The fourth-order valence-corrected chi connectivity index (χ4v) is 8.58. The number of hydrogen-bond donors (Lipinski definition) is 0. The van der Waals surface area contributed by atoms with E-state index < -0.39 is 0 Å². The van der Waals surface area contributed by atoms with Crippen LogP contribution in [0.4, 0.5) is 0 Å². The van der Waals surface area contributed by atoms with Gasteiger partial charge < -0.3 is 0 Å². The lowest BCUT2D eigenvalue weighted by Crippen LogP contribution is -1.96. The van der Waals surface area contributed by atoms with Gasteiger partial charge in [0, 0.05) is 8.95 Å². The molecule has 0 saturated heterocycles. The summed E-state index contributed by atoms with van der Waals surface area (Å²) in [6, 6.07) is 24.5. The standard InChI is InChI=1S/C48H66Br2/c1-5-9-13-17-21-25-39-27-37(23-19-15-11-7-3)29-41(31-39)45-33-43(49)36-48-46(34-44(50)35-47(45)48)42-30-38(24-20-16-12-8-4)28-40(32-42)26-22-18-14-10-6-2/h27-36H,5-26H2,1-4H3. The van der Waals surface area contributed by atoms with Crippen molar-refractivity contribution < 1.29 is 0 Å². The number of fused-ring (bicyclic) bond motifs is 1. The summed E-state index contributed by atoms with van der Waals surface area (Å²) in [6.07, 6.45) is 28.4. The van der Waals surface area contributed by atoms with Crippen molar-refractivity contribution in [3.05, 3.63) is 91.9 Å². The van der Waals surface area contributed by atoms with Crippen LogP contribution in [0.25, 0.3) is 33.0 Å². The molecular formula is C48H66Br2. The summed E-state index contributed by atoms with van der Waals surface area (Å²) in [5, 5.41) is 2.67. The Morgan fingerprint density at radius 3 is 0.900 bits per heavy atom. The van der Waals surface area contributed by atoms with E-state index >= 15 is 0 Å². The highest BCUT2D eigenvalue weighted by Gasteiger charge is 2.15. The summed E-state index contributed by atoms with van der Waals surface area (Å²) >= 11 is 7.98. The Kier molecular flexibility index (Phi) is 18.7. The van der Waals surface area contributed by atoms with Gasteiger partial charge in [-0.2, -0.15) is 0 Å². The Morgan fingerprint density at radius 2 is 0.600 bits per heavy atom. The van der Waals surface area contributed by atoms with E-state index in [0.29, 0.717) is 0 Å². The van der Waals surface area contributed by atoms with E-state index in [2.05, 4.69) is 120 Å². The molecule has 0 N–H and O–H groups in total. The number of rotatable bonds is 24. The predicted octanol–water partition coefficient (Wildman–Crippen LogP) is 17.0. The second kappa shape index (κ2) is 22.9. The topological polar surface area (TPSA) is 0 Å². The molecule has 0 aromatic heterocycles.